The molecule has 0 spiro atoms. The lowest BCUT2D eigenvalue weighted by atomic mass is 10.1. The van der Waals surface area contributed by atoms with Gasteiger partial charge in [0.2, 0.25) is 0 Å². The van der Waals surface area contributed by atoms with Crippen LogP contribution in [0, 0.1) is 0 Å². The number of aliphatic hydroxyl groups excluding tert-OH is 4. The molecule has 0 bridgehead atoms. The third-order valence-electron chi connectivity index (χ3n) is 2.22. The van der Waals surface area contributed by atoms with Crippen molar-refractivity contribution in [1.29, 1.82) is 0 Å². The fourth-order valence-corrected chi connectivity index (χ4v) is 1.22. The summed E-state index contributed by atoms with van der Waals surface area (Å²) in [6, 6.07) is 9.27. The molecular weight excluding hydrogens is 208 g/mol. The van der Waals surface area contributed by atoms with Gasteiger partial charge in [-0.2, -0.15) is 0 Å². The summed E-state index contributed by atoms with van der Waals surface area (Å²) in [4.78, 5) is 0. The van der Waals surface area contributed by atoms with Crippen LogP contribution in [-0.2, 0) is 0 Å². The average molecular weight is 224 g/mol. The maximum Gasteiger partial charge on any atom is 0.112 e. The Labute approximate surface area is 94.1 Å². The molecule has 4 nitrogen and oxygen atoms in total. The molecule has 0 aliphatic rings. The van der Waals surface area contributed by atoms with Crippen molar-refractivity contribution in [3.05, 3.63) is 42.0 Å². The molecule has 1 aromatic carbocycles. The Morgan fingerprint density at radius 1 is 1.06 bits per heavy atom. The zero-order valence-corrected chi connectivity index (χ0v) is 8.77. The minimum Gasteiger partial charge on any atom is -0.394 e. The quantitative estimate of drug-likeness (QED) is 0.557. The van der Waals surface area contributed by atoms with Gasteiger partial charge in [-0.25, -0.2) is 0 Å². The second kappa shape index (κ2) is 6.40. The molecule has 1 rings (SSSR count). The summed E-state index contributed by atoms with van der Waals surface area (Å²) in [5, 5.41) is 36.5. The van der Waals surface area contributed by atoms with E-state index in [4.69, 9.17) is 10.2 Å². The molecule has 16 heavy (non-hydrogen) atoms. The molecule has 0 unspecified atom stereocenters. The highest BCUT2D eigenvalue weighted by Gasteiger charge is 2.21. The smallest absolute Gasteiger partial charge is 0.112 e. The summed E-state index contributed by atoms with van der Waals surface area (Å²) in [5.41, 5.74) is 0.882. The summed E-state index contributed by atoms with van der Waals surface area (Å²) >= 11 is 0. The lowest BCUT2D eigenvalue weighted by Gasteiger charge is -2.18. The molecular formula is C12H16O4. The minimum absolute atomic E-state index is 0.586. The maximum atomic E-state index is 9.47. The Balaban J connectivity index is 2.57. The van der Waals surface area contributed by atoms with Gasteiger partial charge in [-0.05, 0) is 5.56 Å². The fraction of sp³-hybridized carbons (Fsp3) is 0.333. The van der Waals surface area contributed by atoms with Gasteiger partial charge in [0.1, 0.15) is 18.3 Å². The van der Waals surface area contributed by atoms with Gasteiger partial charge in [0.05, 0.1) is 6.61 Å². The number of hydrogen-bond donors (Lipinski definition) is 4. The predicted octanol–water partition coefficient (Wildman–Crippen LogP) is -0.225. The van der Waals surface area contributed by atoms with E-state index in [1.54, 1.807) is 6.08 Å². The van der Waals surface area contributed by atoms with E-state index in [0.717, 1.165) is 5.56 Å². The van der Waals surface area contributed by atoms with Crippen molar-refractivity contribution in [2.75, 3.05) is 6.61 Å². The maximum absolute atomic E-state index is 9.47. The first-order valence-electron chi connectivity index (χ1n) is 5.03. The predicted molar refractivity (Wildman–Crippen MR) is 60.6 cm³/mol. The van der Waals surface area contributed by atoms with E-state index in [2.05, 4.69) is 0 Å². The van der Waals surface area contributed by atoms with Crippen LogP contribution in [-0.4, -0.2) is 45.3 Å². The Hall–Kier alpha value is -1.20. The van der Waals surface area contributed by atoms with Gasteiger partial charge < -0.3 is 20.4 Å². The molecule has 4 N–H and O–H groups in total. The first-order chi connectivity index (χ1) is 7.65. The molecule has 0 aromatic heterocycles. The number of aliphatic hydroxyl groups is 4. The van der Waals surface area contributed by atoms with Crippen molar-refractivity contribution in [1.82, 2.24) is 0 Å². The van der Waals surface area contributed by atoms with E-state index in [9.17, 15) is 10.2 Å². The molecule has 4 heteroatoms. The zero-order valence-electron chi connectivity index (χ0n) is 8.77. The highest BCUT2D eigenvalue weighted by molar-refractivity contribution is 5.49. The van der Waals surface area contributed by atoms with E-state index in [1.165, 1.54) is 6.08 Å². The van der Waals surface area contributed by atoms with Gasteiger partial charge in [0.25, 0.3) is 0 Å². The van der Waals surface area contributed by atoms with Gasteiger partial charge >= 0.3 is 0 Å². The van der Waals surface area contributed by atoms with Crippen LogP contribution in [0.3, 0.4) is 0 Å². The first kappa shape index (κ1) is 12.9. The normalized spacial score (nSPS) is 17.2. The summed E-state index contributed by atoms with van der Waals surface area (Å²) in [6.07, 6.45) is -0.917. The van der Waals surface area contributed by atoms with Crippen LogP contribution in [0.1, 0.15) is 5.56 Å². The Morgan fingerprint density at radius 3 is 2.25 bits per heavy atom. The molecule has 0 fully saturated rings. The monoisotopic (exact) mass is 224 g/mol. The van der Waals surface area contributed by atoms with Crippen molar-refractivity contribution >= 4 is 6.08 Å². The lowest BCUT2D eigenvalue weighted by molar-refractivity contribution is -0.0608. The summed E-state index contributed by atoms with van der Waals surface area (Å²) in [5.74, 6) is 0. The molecule has 0 radical (unpaired) electrons. The molecule has 0 saturated heterocycles. The standard InChI is InChI=1S/C12H16O4/c13-8-11(15)12(16)10(14)7-6-9-4-2-1-3-5-9/h1-7,10-16H,8H2/t10-,11+,12-/m0/s1. The molecule has 0 aliphatic heterocycles. The number of hydrogen-bond acceptors (Lipinski definition) is 4. The highest BCUT2D eigenvalue weighted by atomic mass is 16.4. The van der Waals surface area contributed by atoms with E-state index >= 15 is 0 Å². The zero-order chi connectivity index (χ0) is 12.0. The van der Waals surface area contributed by atoms with Crippen LogP contribution in [0.25, 0.3) is 6.08 Å². The molecule has 0 saturated carbocycles. The third kappa shape index (κ3) is 3.75. The van der Waals surface area contributed by atoms with Gasteiger partial charge in [-0.15, -0.1) is 0 Å². The van der Waals surface area contributed by atoms with Gasteiger partial charge in [-0.1, -0.05) is 42.5 Å². The van der Waals surface area contributed by atoms with E-state index in [-0.39, 0.29) is 0 Å². The number of benzene rings is 1. The van der Waals surface area contributed by atoms with Crippen molar-refractivity contribution in [3.63, 3.8) is 0 Å². The second-order valence-electron chi connectivity index (χ2n) is 3.50. The van der Waals surface area contributed by atoms with Gasteiger partial charge in [-0.3, -0.25) is 0 Å². The summed E-state index contributed by atoms with van der Waals surface area (Å²) in [6.45, 7) is -0.586. The number of rotatable bonds is 5. The minimum atomic E-state index is -1.38. The third-order valence-corrected chi connectivity index (χ3v) is 2.22. The second-order valence-corrected chi connectivity index (χ2v) is 3.50. The van der Waals surface area contributed by atoms with Crippen molar-refractivity contribution in [2.24, 2.45) is 0 Å². The topological polar surface area (TPSA) is 80.9 Å². The van der Waals surface area contributed by atoms with Crippen LogP contribution in [0.15, 0.2) is 36.4 Å². The van der Waals surface area contributed by atoms with Crippen LogP contribution in [0.5, 0.6) is 0 Å². The summed E-state index contributed by atoms with van der Waals surface area (Å²) < 4.78 is 0. The largest absolute Gasteiger partial charge is 0.394 e. The van der Waals surface area contributed by atoms with Crippen LogP contribution in [0.2, 0.25) is 0 Å². The highest BCUT2D eigenvalue weighted by Crippen LogP contribution is 2.06. The van der Waals surface area contributed by atoms with Crippen molar-refractivity contribution in [2.45, 2.75) is 18.3 Å². The Bertz CT molecular complexity index is 323. The van der Waals surface area contributed by atoms with Crippen LogP contribution < -0.4 is 0 Å². The molecule has 3 atom stereocenters. The van der Waals surface area contributed by atoms with Gasteiger partial charge in [0, 0.05) is 0 Å². The Kier molecular flexibility index (Phi) is 5.14. The molecule has 88 valence electrons. The fourth-order valence-electron chi connectivity index (χ4n) is 1.22. The SMILES string of the molecule is OC[C@@H](O)[C@@H](O)[C@@H](O)C=Cc1ccccc1. The molecule has 1 aromatic rings. The van der Waals surface area contributed by atoms with Crippen LogP contribution >= 0.6 is 0 Å². The molecule has 0 heterocycles. The van der Waals surface area contributed by atoms with Gasteiger partial charge in [0.15, 0.2) is 0 Å². The molecule has 0 amide bonds. The van der Waals surface area contributed by atoms with E-state index < -0.39 is 24.9 Å². The summed E-state index contributed by atoms with van der Waals surface area (Å²) in [7, 11) is 0. The lowest BCUT2D eigenvalue weighted by Crippen LogP contribution is -2.38. The Morgan fingerprint density at radius 2 is 1.69 bits per heavy atom. The van der Waals surface area contributed by atoms with E-state index in [0.29, 0.717) is 0 Å². The van der Waals surface area contributed by atoms with E-state index in [1.807, 2.05) is 30.3 Å². The van der Waals surface area contributed by atoms with Crippen molar-refractivity contribution < 1.29 is 20.4 Å². The van der Waals surface area contributed by atoms with Crippen LogP contribution in [0.4, 0.5) is 0 Å². The average Bonchev–Trinajstić information content (AvgIpc) is 2.35. The molecule has 0 aliphatic carbocycles. The first-order valence-corrected chi connectivity index (χ1v) is 5.03. The van der Waals surface area contributed by atoms with Crippen molar-refractivity contribution in [3.8, 4) is 0 Å².